The van der Waals surface area contributed by atoms with Gasteiger partial charge >= 0.3 is 11.5 Å². The van der Waals surface area contributed by atoms with Crippen molar-refractivity contribution >= 4 is 12.2 Å². The van der Waals surface area contributed by atoms with E-state index >= 15 is 0 Å². The van der Waals surface area contributed by atoms with Crippen molar-refractivity contribution in [3.05, 3.63) is 64.6 Å². The van der Waals surface area contributed by atoms with Crippen molar-refractivity contribution in [1.82, 2.24) is 0 Å². The van der Waals surface area contributed by atoms with E-state index in [1.165, 1.54) is 16.7 Å². The zero-order valence-corrected chi connectivity index (χ0v) is 15.5. The van der Waals surface area contributed by atoms with Gasteiger partial charge in [-0.15, -0.1) is 0 Å². The molecule has 0 unspecified atom stereocenters. The normalized spacial score (nSPS) is 12.8. The van der Waals surface area contributed by atoms with E-state index in [1.54, 1.807) is 0 Å². The minimum absolute atomic E-state index is 0.00624. The van der Waals surface area contributed by atoms with Crippen molar-refractivity contribution in [2.75, 3.05) is 0 Å². The van der Waals surface area contributed by atoms with E-state index in [0.29, 0.717) is 0 Å². The Balaban J connectivity index is 2.43. The van der Waals surface area contributed by atoms with E-state index in [-0.39, 0.29) is 10.8 Å². The first-order valence-corrected chi connectivity index (χ1v) is 8.29. The van der Waals surface area contributed by atoms with E-state index in [1.807, 2.05) is 0 Å². The first kappa shape index (κ1) is 17.5. The Morgan fingerprint density at radius 2 is 1.13 bits per heavy atom. The monoisotopic (exact) mass is 309 g/mol. The summed E-state index contributed by atoms with van der Waals surface area (Å²) in [5.41, 5.74) is 3.67. The minimum Gasteiger partial charge on any atom is -0.217 e. The maximum Gasteiger partial charge on any atom is 0.335 e. The van der Waals surface area contributed by atoms with Crippen LogP contribution in [0.15, 0.2) is 40.8 Å². The molecule has 23 heavy (non-hydrogen) atoms. The molecule has 0 aliphatic rings. The van der Waals surface area contributed by atoms with Gasteiger partial charge in [0.1, 0.15) is 0 Å². The molecule has 0 radical (unpaired) electrons. The maximum atomic E-state index is 6.18. The smallest absolute Gasteiger partial charge is 0.217 e. The van der Waals surface area contributed by atoms with Gasteiger partial charge in [0, 0.05) is 12.1 Å². The highest BCUT2D eigenvalue weighted by Crippen LogP contribution is 2.30. The van der Waals surface area contributed by atoms with Crippen molar-refractivity contribution in [3.63, 3.8) is 0 Å². The summed E-state index contributed by atoms with van der Waals surface area (Å²) >= 11 is 0. The largest absolute Gasteiger partial charge is 0.335 e. The zero-order chi connectivity index (χ0) is 17.3. The average Bonchev–Trinajstić information content (AvgIpc) is 2.44. The summed E-state index contributed by atoms with van der Waals surface area (Å²) in [5.74, 6) is 2.04. The molecule has 0 atom stereocenters. The minimum atomic E-state index is -0.00624. The van der Waals surface area contributed by atoms with Gasteiger partial charge in [-0.3, -0.25) is 0 Å². The molecule has 0 spiro atoms. The summed E-state index contributed by atoms with van der Waals surface area (Å²) in [6.45, 7) is 15.2. The molecule has 122 valence electrons. The fourth-order valence-electron chi connectivity index (χ4n) is 2.23. The maximum absolute atomic E-state index is 6.18. The number of rotatable bonds is 2. The number of aryl methyl sites for hydroxylation is 1. The Hall–Kier alpha value is -1.89. The molecule has 1 heteroatoms. The van der Waals surface area contributed by atoms with Gasteiger partial charge in [-0.1, -0.05) is 42.0 Å². The van der Waals surface area contributed by atoms with Crippen LogP contribution in [0.2, 0.25) is 0 Å². The van der Waals surface area contributed by atoms with Gasteiger partial charge in [0.15, 0.2) is 0 Å². The van der Waals surface area contributed by atoms with Crippen molar-refractivity contribution in [2.24, 2.45) is 0 Å². The van der Waals surface area contributed by atoms with Crippen LogP contribution in [0.5, 0.6) is 0 Å². The summed E-state index contributed by atoms with van der Waals surface area (Å²) in [4.78, 5) is 0. The molecule has 1 aromatic carbocycles. The van der Waals surface area contributed by atoms with Crippen molar-refractivity contribution in [1.29, 1.82) is 0 Å². The van der Waals surface area contributed by atoms with Gasteiger partial charge in [-0.25, -0.2) is 4.42 Å². The fourth-order valence-corrected chi connectivity index (χ4v) is 2.23. The molecule has 2 rings (SSSR count). The van der Waals surface area contributed by atoms with Crippen LogP contribution in [0.25, 0.3) is 12.2 Å². The summed E-state index contributed by atoms with van der Waals surface area (Å²) in [7, 11) is 0. The van der Waals surface area contributed by atoms with Crippen LogP contribution in [0.1, 0.15) is 69.8 Å². The summed E-state index contributed by atoms with van der Waals surface area (Å²) in [6.07, 6.45) is 4.33. The van der Waals surface area contributed by atoms with Crippen LogP contribution >= 0.6 is 0 Å². The topological polar surface area (TPSA) is 11.3 Å². The number of hydrogen-bond donors (Lipinski definition) is 0. The van der Waals surface area contributed by atoms with Gasteiger partial charge in [0.05, 0.1) is 10.8 Å². The molecule has 0 aliphatic carbocycles. The second-order valence-electron chi connectivity index (χ2n) is 8.36. The molecule has 2 aromatic rings. The molecule has 0 fully saturated rings. The van der Waals surface area contributed by atoms with Gasteiger partial charge in [0.25, 0.3) is 0 Å². The van der Waals surface area contributed by atoms with Gasteiger partial charge in [-0.05, 0) is 59.6 Å². The highest BCUT2D eigenvalue weighted by molar-refractivity contribution is 5.70. The molecular weight excluding hydrogens is 280 g/mol. The van der Waals surface area contributed by atoms with Gasteiger partial charge in [0.2, 0.25) is 0 Å². The lowest BCUT2D eigenvalue weighted by Crippen LogP contribution is -2.16. The van der Waals surface area contributed by atoms with Crippen LogP contribution in [0.3, 0.4) is 0 Å². The Morgan fingerprint density at radius 1 is 0.696 bits per heavy atom. The third-order valence-corrected chi connectivity index (χ3v) is 3.84. The SMILES string of the molecule is Cc1ccc(/C=C/c2cc(C(C)(C)C)[o+]c(C(C)(C)C)c2)cc1. The molecule has 1 nitrogen and oxygen atoms in total. The molecule has 1 heterocycles. The lowest BCUT2D eigenvalue weighted by molar-refractivity contribution is 0.328. The molecule has 0 saturated heterocycles. The van der Waals surface area contributed by atoms with E-state index in [2.05, 4.69) is 97.0 Å². The van der Waals surface area contributed by atoms with Crippen molar-refractivity contribution in [3.8, 4) is 0 Å². The molecule has 0 bridgehead atoms. The Bertz CT molecular complexity index is 660. The van der Waals surface area contributed by atoms with E-state index < -0.39 is 0 Å². The van der Waals surface area contributed by atoms with Crippen molar-refractivity contribution in [2.45, 2.75) is 59.3 Å². The summed E-state index contributed by atoms with van der Waals surface area (Å²) in [5, 5.41) is 0. The van der Waals surface area contributed by atoms with Crippen molar-refractivity contribution < 1.29 is 4.42 Å². The quantitative estimate of drug-likeness (QED) is 0.566. The summed E-state index contributed by atoms with van der Waals surface area (Å²) < 4.78 is 6.18. The van der Waals surface area contributed by atoms with Crippen LogP contribution < -0.4 is 0 Å². The van der Waals surface area contributed by atoms with Crippen LogP contribution in [-0.2, 0) is 10.8 Å². The predicted octanol–water partition coefficient (Wildman–Crippen LogP) is 6.63. The lowest BCUT2D eigenvalue weighted by atomic mass is 9.88. The number of hydrogen-bond acceptors (Lipinski definition) is 0. The standard InChI is InChI=1S/C22H29O/c1-16-8-10-17(11-9-16)12-13-18-14-19(21(2,3)4)23-20(15-18)22(5,6)7/h8-15H,1-7H3/q+1/b13-12+. The third-order valence-electron chi connectivity index (χ3n) is 3.84. The average molecular weight is 309 g/mol. The highest BCUT2D eigenvalue weighted by atomic mass is 16.3. The van der Waals surface area contributed by atoms with E-state index in [9.17, 15) is 0 Å². The van der Waals surface area contributed by atoms with Crippen LogP contribution in [0.4, 0.5) is 0 Å². The van der Waals surface area contributed by atoms with Gasteiger partial charge < -0.3 is 0 Å². The second-order valence-corrected chi connectivity index (χ2v) is 8.36. The molecule has 0 N–H and O–H groups in total. The van der Waals surface area contributed by atoms with E-state index in [4.69, 9.17) is 4.42 Å². The Labute approximate surface area is 141 Å². The summed E-state index contributed by atoms with van der Waals surface area (Å²) in [6, 6.07) is 12.9. The first-order valence-electron chi connectivity index (χ1n) is 8.29. The zero-order valence-electron chi connectivity index (χ0n) is 15.5. The van der Waals surface area contributed by atoms with Gasteiger partial charge in [-0.2, -0.15) is 0 Å². The fraction of sp³-hybridized carbons (Fsp3) is 0.409. The molecular formula is C22H29O+. The third kappa shape index (κ3) is 4.79. The van der Waals surface area contributed by atoms with Crippen LogP contribution in [-0.4, -0.2) is 0 Å². The van der Waals surface area contributed by atoms with E-state index in [0.717, 1.165) is 11.5 Å². The molecule has 0 aliphatic heterocycles. The Kier molecular flexibility index (Phi) is 4.79. The van der Waals surface area contributed by atoms with Crippen LogP contribution in [0, 0.1) is 6.92 Å². The second kappa shape index (κ2) is 6.31. The first-order chi connectivity index (χ1) is 10.6. The Morgan fingerprint density at radius 3 is 1.57 bits per heavy atom. The highest BCUT2D eigenvalue weighted by Gasteiger charge is 2.33. The number of benzene rings is 1. The molecule has 0 amide bonds. The predicted molar refractivity (Wildman–Crippen MR) is 101 cm³/mol. The molecule has 0 saturated carbocycles. The molecule has 1 aromatic heterocycles. The lowest BCUT2D eigenvalue weighted by Gasteiger charge is -2.14.